The Morgan fingerprint density at radius 3 is 2.35 bits per heavy atom. The molecule has 2 aromatic rings. The van der Waals surface area contributed by atoms with Crippen LogP contribution in [-0.2, 0) is 20.9 Å². The van der Waals surface area contributed by atoms with Gasteiger partial charge in [-0.1, -0.05) is 67.6 Å². The highest BCUT2D eigenvalue weighted by Crippen LogP contribution is 2.32. The van der Waals surface area contributed by atoms with Gasteiger partial charge in [0.2, 0.25) is 0 Å². The molecule has 0 spiro atoms. The minimum atomic E-state index is -0.453. The minimum Gasteiger partial charge on any atom is -0.468 e. The number of hydrogen-bond donors (Lipinski definition) is 1. The molecule has 0 aromatic heterocycles. The van der Waals surface area contributed by atoms with Gasteiger partial charge >= 0.3 is 5.97 Å². The summed E-state index contributed by atoms with van der Waals surface area (Å²) in [5, 5.41) is 3.09. The van der Waals surface area contributed by atoms with Crippen molar-refractivity contribution < 1.29 is 14.3 Å². The van der Waals surface area contributed by atoms with Crippen molar-refractivity contribution in [1.82, 2.24) is 5.32 Å². The number of amidine groups is 1. The molecule has 0 radical (unpaired) electrons. The number of aliphatic imine (C=N–C) groups is 1. The van der Waals surface area contributed by atoms with Gasteiger partial charge in [0.05, 0.1) is 12.7 Å². The predicted octanol–water partition coefficient (Wildman–Crippen LogP) is 3.74. The van der Waals surface area contributed by atoms with E-state index in [1.807, 2.05) is 67.6 Å². The van der Waals surface area contributed by atoms with Crippen LogP contribution in [0.4, 0.5) is 0 Å². The second-order valence-electron chi connectivity index (χ2n) is 5.88. The van der Waals surface area contributed by atoms with Crippen LogP contribution in [0.3, 0.4) is 0 Å². The number of nitrogens with zero attached hydrogens (tertiary/aromatic N) is 1. The Morgan fingerprint density at radius 2 is 1.73 bits per heavy atom. The SMILES string of the molecule is CCC1=C(C(=O)OCc2ccccc2)C(c2ccccc2)N=C(OC)N1. The highest BCUT2D eigenvalue weighted by Gasteiger charge is 2.31. The molecule has 0 saturated carbocycles. The van der Waals surface area contributed by atoms with Crippen LogP contribution in [0.25, 0.3) is 0 Å². The number of esters is 1. The van der Waals surface area contributed by atoms with Gasteiger partial charge in [-0.15, -0.1) is 0 Å². The van der Waals surface area contributed by atoms with Gasteiger partial charge in [0, 0.05) is 5.70 Å². The Kier molecular flexibility index (Phi) is 5.69. The maximum atomic E-state index is 12.9. The lowest BCUT2D eigenvalue weighted by atomic mass is 9.95. The summed E-state index contributed by atoms with van der Waals surface area (Å²) in [5.74, 6) is -0.369. The van der Waals surface area contributed by atoms with E-state index in [0.29, 0.717) is 18.0 Å². The molecule has 134 valence electrons. The van der Waals surface area contributed by atoms with Gasteiger partial charge in [-0.3, -0.25) is 0 Å². The van der Waals surface area contributed by atoms with Crippen LogP contribution >= 0.6 is 0 Å². The van der Waals surface area contributed by atoms with E-state index in [9.17, 15) is 4.79 Å². The van der Waals surface area contributed by atoms with E-state index < -0.39 is 6.04 Å². The second kappa shape index (κ2) is 8.34. The molecule has 1 heterocycles. The molecule has 26 heavy (non-hydrogen) atoms. The largest absolute Gasteiger partial charge is 0.468 e. The number of nitrogens with one attached hydrogen (secondary N) is 1. The average Bonchev–Trinajstić information content (AvgIpc) is 2.72. The van der Waals surface area contributed by atoms with Crippen molar-refractivity contribution in [3.8, 4) is 0 Å². The van der Waals surface area contributed by atoms with Gasteiger partial charge in [0.15, 0.2) is 0 Å². The maximum Gasteiger partial charge on any atom is 0.338 e. The Bertz CT molecular complexity index is 814. The zero-order valence-electron chi connectivity index (χ0n) is 14.9. The van der Waals surface area contributed by atoms with Crippen molar-refractivity contribution in [2.24, 2.45) is 4.99 Å². The van der Waals surface area contributed by atoms with E-state index in [0.717, 1.165) is 16.8 Å². The Balaban J connectivity index is 1.89. The molecule has 2 aromatic carbocycles. The molecule has 0 amide bonds. The molecule has 5 nitrogen and oxygen atoms in total. The van der Waals surface area contributed by atoms with Gasteiger partial charge in [0.25, 0.3) is 6.02 Å². The average molecular weight is 350 g/mol. The molecule has 1 atom stereocenters. The lowest BCUT2D eigenvalue weighted by Crippen LogP contribution is -2.34. The number of allylic oxidation sites excluding steroid dienone is 1. The first-order chi connectivity index (χ1) is 12.7. The number of benzene rings is 2. The number of methoxy groups -OCH3 is 1. The van der Waals surface area contributed by atoms with Crippen molar-refractivity contribution >= 4 is 12.0 Å². The summed E-state index contributed by atoms with van der Waals surface area (Å²) in [7, 11) is 1.56. The van der Waals surface area contributed by atoms with Crippen molar-refractivity contribution in [2.75, 3.05) is 7.11 Å². The summed E-state index contributed by atoms with van der Waals surface area (Å²) < 4.78 is 10.9. The van der Waals surface area contributed by atoms with Gasteiger partial charge in [-0.25, -0.2) is 9.79 Å². The zero-order valence-corrected chi connectivity index (χ0v) is 14.9. The lowest BCUT2D eigenvalue weighted by molar-refractivity contribution is -0.140. The fraction of sp³-hybridized carbons (Fsp3) is 0.238. The molecule has 1 aliphatic heterocycles. The van der Waals surface area contributed by atoms with Crippen LogP contribution in [0.1, 0.15) is 30.5 Å². The Labute approximate surface area is 153 Å². The normalized spacial score (nSPS) is 16.5. The minimum absolute atomic E-state index is 0.225. The second-order valence-corrected chi connectivity index (χ2v) is 5.88. The Morgan fingerprint density at radius 1 is 1.08 bits per heavy atom. The summed E-state index contributed by atoms with van der Waals surface area (Å²) >= 11 is 0. The molecule has 3 rings (SSSR count). The molecular formula is C21H22N2O3. The van der Waals surface area contributed by atoms with Crippen LogP contribution in [0.5, 0.6) is 0 Å². The van der Waals surface area contributed by atoms with Crippen LogP contribution in [-0.4, -0.2) is 19.1 Å². The molecule has 1 N–H and O–H groups in total. The van der Waals surface area contributed by atoms with Gasteiger partial charge in [-0.2, -0.15) is 0 Å². The predicted molar refractivity (Wildman–Crippen MR) is 100 cm³/mol. The highest BCUT2D eigenvalue weighted by molar-refractivity contribution is 5.94. The molecular weight excluding hydrogens is 328 g/mol. The van der Waals surface area contributed by atoms with E-state index in [1.165, 1.54) is 0 Å². The molecule has 0 aliphatic carbocycles. The number of ether oxygens (including phenoxy) is 2. The van der Waals surface area contributed by atoms with E-state index in [-0.39, 0.29) is 12.6 Å². The lowest BCUT2D eigenvalue weighted by Gasteiger charge is -2.26. The highest BCUT2D eigenvalue weighted by atomic mass is 16.5. The summed E-state index contributed by atoms with van der Waals surface area (Å²) in [5.41, 5.74) is 3.15. The van der Waals surface area contributed by atoms with Crippen molar-refractivity contribution in [2.45, 2.75) is 26.0 Å². The summed E-state index contributed by atoms with van der Waals surface area (Å²) in [6, 6.07) is 19.3. The zero-order chi connectivity index (χ0) is 18.4. The number of carbonyl (C=O) groups excluding carboxylic acids is 1. The van der Waals surface area contributed by atoms with E-state index in [4.69, 9.17) is 9.47 Å². The van der Waals surface area contributed by atoms with Crippen LogP contribution in [0.15, 0.2) is 76.9 Å². The smallest absolute Gasteiger partial charge is 0.338 e. The molecule has 1 aliphatic rings. The molecule has 0 fully saturated rings. The third-order valence-electron chi connectivity index (χ3n) is 4.20. The third kappa shape index (κ3) is 3.94. The topological polar surface area (TPSA) is 59.9 Å². The van der Waals surface area contributed by atoms with E-state index in [1.54, 1.807) is 7.11 Å². The first kappa shape index (κ1) is 17.7. The molecule has 5 heteroatoms. The first-order valence-electron chi connectivity index (χ1n) is 8.60. The maximum absolute atomic E-state index is 12.9. The van der Waals surface area contributed by atoms with E-state index in [2.05, 4.69) is 10.3 Å². The molecule has 0 saturated heterocycles. The summed E-state index contributed by atoms with van der Waals surface area (Å²) in [6.45, 7) is 2.20. The summed E-state index contributed by atoms with van der Waals surface area (Å²) in [6.07, 6.45) is 0.640. The number of carbonyl (C=O) groups is 1. The quantitative estimate of drug-likeness (QED) is 0.835. The molecule has 1 unspecified atom stereocenters. The van der Waals surface area contributed by atoms with Gasteiger partial charge in [0.1, 0.15) is 12.6 Å². The summed E-state index contributed by atoms with van der Waals surface area (Å²) in [4.78, 5) is 17.4. The van der Waals surface area contributed by atoms with E-state index >= 15 is 0 Å². The standard InChI is InChI=1S/C21H22N2O3/c1-3-17-18(20(24)26-14-15-10-6-4-7-11-15)19(23-21(22-17)25-2)16-12-8-5-9-13-16/h4-13,19H,3,14H2,1-2H3,(H,22,23). The van der Waals surface area contributed by atoms with Crippen LogP contribution in [0.2, 0.25) is 0 Å². The fourth-order valence-electron chi connectivity index (χ4n) is 2.87. The van der Waals surface area contributed by atoms with Crippen molar-refractivity contribution in [3.05, 3.63) is 83.1 Å². The van der Waals surface area contributed by atoms with Gasteiger partial charge < -0.3 is 14.8 Å². The molecule has 0 bridgehead atoms. The monoisotopic (exact) mass is 350 g/mol. The Hall–Kier alpha value is -3.08. The van der Waals surface area contributed by atoms with Crippen molar-refractivity contribution in [1.29, 1.82) is 0 Å². The van der Waals surface area contributed by atoms with Crippen molar-refractivity contribution in [3.63, 3.8) is 0 Å². The third-order valence-corrected chi connectivity index (χ3v) is 4.20. The number of hydrogen-bond acceptors (Lipinski definition) is 5. The van der Waals surface area contributed by atoms with Gasteiger partial charge in [-0.05, 0) is 17.5 Å². The fourth-order valence-corrected chi connectivity index (χ4v) is 2.87. The first-order valence-corrected chi connectivity index (χ1v) is 8.60. The van der Waals surface area contributed by atoms with Crippen LogP contribution < -0.4 is 5.32 Å². The van der Waals surface area contributed by atoms with Crippen LogP contribution in [0, 0.1) is 0 Å². The number of rotatable bonds is 5.